The summed E-state index contributed by atoms with van der Waals surface area (Å²) in [4.78, 5) is 11.9. The Bertz CT molecular complexity index is 713. The Balaban J connectivity index is 2.10. The van der Waals surface area contributed by atoms with Crippen molar-refractivity contribution in [2.75, 3.05) is 5.32 Å². The van der Waals surface area contributed by atoms with Crippen molar-refractivity contribution in [1.82, 2.24) is 5.12 Å². The maximum absolute atomic E-state index is 12.9. The van der Waals surface area contributed by atoms with Crippen molar-refractivity contribution in [2.45, 2.75) is 51.2 Å². The molecule has 1 saturated carbocycles. The summed E-state index contributed by atoms with van der Waals surface area (Å²) in [5, 5.41) is 7.66. The van der Waals surface area contributed by atoms with Crippen LogP contribution in [0.3, 0.4) is 0 Å². The van der Waals surface area contributed by atoms with E-state index >= 15 is 0 Å². The fourth-order valence-electron chi connectivity index (χ4n) is 2.27. The zero-order valence-corrected chi connectivity index (χ0v) is 15.5. The lowest BCUT2D eigenvalue weighted by Crippen LogP contribution is -2.52. The zero-order valence-electron chi connectivity index (χ0n) is 14.7. The molecule has 2 rings (SSSR count). The number of anilines is 1. The number of hydrazine groups is 1. The Hall–Kier alpha value is -2.13. The third-order valence-electron chi connectivity index (χ3n) is 3.56. The maximum atomic E-state index is 12.9. The van der Waals surface area contributed by atoms with Gasteiger partial charge in [-0.05, 0) is 39.0 Å². The highest BCUT2D eigenvalue weighted by atomic mass is 35.5. The Morgan fingerprint density at radius 3 is 2.58 bits per heavy atom. The van der Waals surface area contributed by atoms with Gasteiger partial charge in [-0.15, -0.1) is 5.10 Å². The lowest BCUT2D eigenvalue weighted by atomic mass is 9.88. The van der Waals surface area contributed by atoms with E-state index in [1.165, 1.54) is 12.1 Å². The molecule has 1 fully saturated rings. The van der Waals surface area contributed by atoms with E-state index in [0.717, 1.165) is 5.12 Å². The second-order valence-electron chi connectivity index (χ2n) is 7.10. The van der Waals surface area contributed by atoms with Crippen molar-refractivity contribution in [1.29, 1.82) is 0 Å². The molecule has 1 aliphatic carbocycles. The molecule has 0 radical (unpaired) electrons. The number of rotatable bonds is 4. The minimum absolute atomic E-state index is 0.00613. The van der Waals surface area contributed by atoms with Crippen LogP contribution in [0, 0.1) is 0 Å². The fourth-order valence-corrected chi connectivity index (χ4v) is 2.44. The SMILES string of the molecule is CC(C)(C)OC(=O)Nc1cc(/C(N)=N/N(N)C2CC(F)(F)C2)ccc1Cl. The standard InChI is InChI=1S/C16H22ClF2N5O2/c1-15(2,3)26-14(25)22-12-6-9(4-5-11(12)17)13(20)23-24(21)10-7-16(18,19)8-10/h4-6,10H,7-8,21H2,1-3H3,(H2,20,23)(H,22,25). The molecule has 0 aliphatic heterocycles. The monoisotopic (exact) mass is 389 g/mol. The van der Waals surface area contributed by atoms with E-state index in [-0.39, 0.29) is 29.4 Å². The van der Waals surface area contributed by atoms with Gasteiger partial charge in [0.15, 0.2) is 5.84 Å². The van der Waals surface area contributed by atoms with Gasteiger partial charge in [-0.25, -0.2) is 24.5 Å². The summed E-state index contributed by atoms with van der Waals surface area (Å²) in [6.45, 7) is 5.19. The summed E-state index contributed by atoms with van der Waals surface area (Å²) in [6, 6.07) is 4.01. The number of carbonyl (C=O) groups excluding carboxylic acids is 1. The van der Waals surface area contributed by atoms with Crippen molar-refractivity contribution < 1.29 is 18.3 Å². The first-order valence-electron chi connectivity index (χ1n) is 7.92. The number of amidine groups is 1. The van der Waals surface area contributed by atoms with E-state index in [9.17, 15) is 13.6 Å². The van der Waals surface area contributed by atoms with Crippen LogP contribution < -0.4 is 16.9 Å². The molecule has 1 aromatic rings. The molecule has 7 nitrogen and oxygen atoms in total. The van der Waals surface area contributed by atoms with Crippen molar-refractivity contribution >= 4 is 29.2 Å². The number of alkyl halides is 2. The number of nitrogens with one attached hydrogen (secondary N) is 1. The first-order valence-corrected chi connectivity index (χ1v) is 8.30. The number of nitrogens with zero attached hydrogens (tertiary/aromatic N) is 2. The second-order valence-corrected chi connectivity index (χ2v) is 7.51. The van der Waals surface area contributed by atoms with Crippen molar-refractivity contribution in [3.63, 3.8) is 0 Å². The highest BCUT2D eigenvalue weighted by molar-refractivity contribution is 6.33. The molecule has 144 valence electrons. The number of hydrogen-bond donors (Lipinski definition) is 3. The van der Waals surface area contributed by atoms with Gasteiger partial charge in [0, 0.05) is 18.4 Å². The average molecular weight is 390 g/mol. The molecule has 1 amide bonds. The molecule has 0 aromatic heterocycles. The highest BCUT2D eigenvalue weighted by Gasteiger charge is 2.47. The third kappa shape index (κ3) is 5.43. The van der Waals surface area contributed by atoms with E-state index in [1.807, 2.05) is 0 Å². The Morgan fingerprint density at radius 2 is 2.04 bits per heavy atom. The first kappa shape index (κ1) is 20.2. The van der Waals surface area contributed by atoms with Crippen LogP contribution in [-0.2, 0) is 4.74 Å². The Kier molecular flexibility index (Phi) is 5.62. The van der Waals surface area contributed by atoms with Gasteiger partial charge < -0.3 is 10.5 Å². The number of amides is 1. The van der Waals surface area contributed by atoms with Gasteiger partial charge in [0.25, 0.3) is 5.92 Å². The van der Waals surface area contributed by atoms with Crippen LogP contribution in [0.25, 0.3) is 0 Å². The lowest BCUT2D eigenvalue weighted by Gasteiger charge is -2.38. The van der Waals surface area contributed by atoms with Gasteiger partial charge in [0.1, 0.15) is 5.60 Å². The molecule has 0 bridgehead atoms. The molecule has 1 aliphatic rings. The molecule has 0 saturated heterocycles. The smallest absolute Gasteiger partial charge is 0.412 e. The molecular weight excluding hydrogens is 368 g/mol. The van der Waals surface area contributed by atoms with Crippen LogP contribution in [0.2, 0.25) is 5.02 Å². The average Bonchev–Trinajstić information content (AvgIpc) is 2.44. The van der Waals surface area contributed by atoms with Gasteiger partial charge in [-0.3, -0.25) is 5.32 Å². The molecule has 0 atom stereocenters. The summed E-state index contributed by atoms with van der Waals surface area (Å²) < 4.78 is 31.0. The van der Waals surface area contributed by atoms with E-state index in [1.54, 1.807) is 26.8 Å². The van der Waals surface area contributed by atoms with Crippen molar-refractivity contribution in [3.8, 4) is 0 Å². The van der Waals surface area contributed by atoms with E-state index in [0.29, 0.717) is 5.56 Å². The number of carbonyl (C=O) groups is 1. The summed E-state index contributed by atoms with van der Waals surface area (Å²) in [5.41, 5.74) is 5.91. The normalized spacial score (nSPS) is 17.4. The molecule has 5 N–H and O–H groups in total. The third-order valence-corrected chi connectivity index (χ3v) is 3.89. The minimum Gasteiger partial charge on any atom is -0.444 e. The van der Waals surface area contributed by atoms with Crippen molar-refractivity contribution in [2.24, 2.45) is 16.7 Å². The quantitative estimate of drug-likeness (QED) is 0.317. The van der Waals surface area contributed by atoms with Gasteiger partial charge >= 0.3 is 6.09 Å². The lowest BCUT2D eigenvalue weighted by molar-refractivity contribution is -0.124. The summed E-state index contributed by atoms with van der Waals surface area (Å²) in [6.07, 6.45) is -1.41. The van der Waals surface area contributed by atoms with Crippen LogP contribution in [0.4, 0.5) is 19.3 Å². The number of nitrogens with two attached hydrogens (primary N) is 2. The number of ether oxygens (including phenoxy) is 1. The van der Waals surface area contributed by atoms with Crippen LogP contribution in [-0.4, -0.2) is 34.6 Å². The predicted octanol–water partition coefficient (Wildman–Crippen LogP) is 3.28. The van der Waals surface area contributed by atoms with Gasteiger partial charge in [0.05, 0.1) is 16.8 Å². The molecular formula is C16H22ClF2N5O2. The van der Waals surface area contributed by atoms with E-state index in [2.05, 4.69) is 10.4 Å². The number of hydrogen-bond acceptors (Lipinski definition) is 5. The van der Waals surface area contributed by atoms with Crippen LogP contribution >= 0.6 is 11.6 Å². The topological polar surface area (TPSA) is 106 Å². The van der Waals surface area contributed by atoms with Gasteiger partial charge in [-0.2, -0.15) is 0 Å². The van der Waals surface area contributed by atoms with Crippen LogP contribution in [0.5, 0.6) is 0 Å². The van der Waals surface area contributed by atoms with Crippen LogP contribution in [0.1, 0.15) is 39.2 Å². The number of hydrazone groups is 1. The fraction of sp³-hybridized carbons (Fsp3) is 0.500. The molecule has 0 unspecified atom stereocenters. The summed E-state index contributed by atoms with van der Waals surface area (Å²) in [7, 11) is 0. The highest BCUT2D eigenvalue weighted by Crippen LogP contribution is 2.39. The minimum atomic E-state index is -2.71. The largest absolute Gasteiger partial charge is 0.444 e. The van der Waals surface area contributed by atoms with E-state index in [4.69, 9.17) is 27.9 Å². The van der Waals surface area contributed by atoms with E-state index < -0.39 is 23.7 Å². The maximum Gasteiger partial charge on any atom is 0.412 e. The first-order chi connectivity index (χ1) is 11.9. The predicted molar refractivity (Wildman–Crippen MR) is 96.0 cm³/mol. The molecule has 1 aromatic carbocycles. The summed E-state index contributed by atoms with van der Waals surface area (Å²) in [5.74, 6) is 2.97. The second kappa shape index (κ2) is 7.24. The number of benzene rings is 1. The zero-order chi connectivity index (χ0) is 19.7. The molecule has 10 heteroatoms. The Morgan fingerprint density at radius 1 is 1.42 bits per heavy atom. The van der Waals surface area contributed by atoms with Crippen LogP contribution in [0.15, 0.2) is 23.3 Å². The molecule has 0 heterocycles. The van der Waals surface area contributed by atoms with Gasteiger partial charge in [-0.1, -0.05) is 11.6 Å². The molecule has 0 spiro atoms. The summed E-state index contributed by atoms with van der Waals surface area (Å²) >= 11 is 6.07. The molecule has 26 heavy (non-hydrogen) atoms. The van der Waals surface area contributed by atoms with Gasteiger partial charge in [0.2, 0.25) is 0 Å². The number of halogens is 3. The Labute approximate surface area is 155 Å². The van der Waals surface area contributed by atoms with Crippen molar-refractivity contribution in [3.05, 3.63) is 28.8 Å².